The van der Waals surface area contributed by atoms with Gasteiger partial charge in [0.1, 0.15) is 5.01 Å². The second kappa shape index (κ2) is 5.64. The van der Waals surface area contributed by atoms with E-state index >= 15 is 0 Å². The number of nitrogens with one attached hydrogen (secondary N) is 1. The van der Waals surface area contributed by atoms with Crippen molar-refractivity contribution in [2.45, 2.75) is 26.8 Å². The van der Waals surface area contributed by atoms with Crippen LogP contribution in [0.2, 0.25) is 0 Å². The van der Waals surface area contributed by atoms with Crippen molar-refractivity contribution in [1.29, 1.82) is 0 Å². The van der Waals surface area contributed by atoms with E-state index in [9.17, 15) is 8.42 Å². The molecule has 7 heteroatoms. The zero-order valence-corrected chi connectivity index (χ0v) is 12.3. The molecule has 1 aromatic rings. The molecule has 18 heavy (non-hydrogen) atoms. The van der Waals surface area contributed by atoms with E-state index in [1.807, 2.05) is 5.38 Å². The molecule has 1 N–H and O–H groups in total. The molecule has 2 heterocycles. The van der Waals surface area contributed by atoms with E-state index in [2.05, 4.69) is 23.6 Å². The largest absolute Gasteiger partial charge is 0.279 e. The maximum atomic E-state index is 12.2. The number of thiazole rings is 1. The maximum Gasteiger partial charge on any atom is 0.279 e. The summed E-state index contributed by atoms with van der Waals surface area (Å²) in [6.07, 6.45) is 2.78. The maximum absolute atomic E-state index is 12.2. The van der Waals surface area contributed by atoms with Gasteiger partial charge in [-0.25, -0.2) is 4.98 Å². The van der Waals surface area contributed by atoms with E-state index in [0.29, 0.717) is 24.9 Å². The molecule has 1 saturated heterocycles. The van der Waals surface area contributed by atoms with Crippen LogP contribution in [0.4, 0.5) is 0 Å². The molecular formula is C11H19N3O2S2. The Balaban J connectivity index is 1.97. The topological polar surface area (TPSA) is 62.3 Å². The van der Waals surface area contributed by atoms with Crippen LogP contribution in [0.3, 0.4) is 0 Å². The Bertz CT molecular complexity index is 462. The molecule has 2 atom stereocenters. The summed E-state index contributed by atoms with van der Waals surface area (Å²) in [5.41, 5.74) is 0. The predicted octanol–water partition coefficient (Wildman–Crippen LogP) is 1.46. The van der Waals surface area contributed by atoms with Crippen LogP contribution in [0.25, 0.3) is 0 Å². The van der Waals surface area contributed by atoms with Crippen molar-refractivity contribution < 1.29 is 8.42 Å². The number of hydrogen-bond donors (Lipinski definition) is 1. The summed E-state index contributed by atoms with van der Waals surface area (Å²) in [5, 5.41) is 2.63. The summed E-state index contributed by atoms with van der Waals surface area (Å²) < 4.78 is 28.5. The lowest BCUT2D eigenvalue weighted by Gasteiger charge is -2.33. The summed E-state index contributed by atoms with van der Waals surface area (Å²) in [6.45, 7) is 5.69. The second-order valence-electron chi connectivity index (χ2n) is 5.02. The highest BCUT2D eigenvalue weighted by molar-refractivity contribution is 7.87. The van der Waals surface area contributed by atoms with E-state index in [0.717, 1.165) is 11.4 Å². The first-order valence-corrected chi connectivity index (χ1v) is 8.42. The van der Waals surface area contributed by atoms with Crippen LogP contribution < -0.4 is 4.72 Å². The van der Waals surface area contributed by atoms with Crippen molar-refractivity contribution in [3.05, 3.63) is 16.6 Å². The average molecular weight is 289 g/mol. The highest BCUT2D eigenvalue weighted by atomic mass is 32.2. The van der Waals surface area contributed by atoms with Crippen molar-refractivity contribution in [1.82, 2.24) is 14.0 Å². The molecule has 1 aliphatic rings. The molecule has 0 unspecified atom stereocenters. The number of nitrogens with zero attached hydrogens (tertiary/aromatic N) is 2. The Morgan fingerprint density at radius 3 is 2.67 bits per heavy atom. The summed E-state index contributed by atoms with van der Waals surface area (Å²) in [7, 11) is -3.38. The Hall–Kier alpha value is -0.500. The van der Waals surface area contributed by atoms with E-state index in [1.54, 1.807) is 10.5 Å². The monoisotopic (exact) mass is 289 g/mol. The average Bonchev–Trinajstić information content (AvgIpc) is 2.78. The number of rotatable bonds is 4. The van der Waals surface area contributed by atoms with Crippen LogP contribution in [0.5, 0.6) is 0 Å². The van der Waals surface area contributed by atoms with Crippen molar-refractivity contribution >= 4 is 21.5 Å². The first-order valence-electron chi connectivity index (χ1n) is 6.10. The van der Waals surface area contributed by atoms with E-state index in [-0.39, 0.29) is 6.54 Å². The SMILES string of the molecule is C[C@@H]1C[C@H](C)CN(S(=O)(=O)NCc2nccs2)C1. The van der Waals surface area contributed by atoms with E-state index in [1.165, 1.54) is 11.3 Å². The highest BCUT2D eigenvalue weighted by Crippen LogP contribution is 2.22. The molecule has 0 aliphatic carbocycles. The summed E-state index contributed by atoms with van der Waals surface area (Å²) in [5.74, 6) is 0.843. The smallest absolute Gasteiger partial charge is 0.248 e. The third-order valence-electron chi connectivity index (χ3n) is 3.06. The molecule has 5 nitrogen and oxygen atoms in total. The van der Waals surface area contributed by atoms with Gasteiger partial charge in [-0.05, 0) is 18.3 Å². The molecule has 1 aromatic heterocycles. The third kappa shape index (κ3) is 3.50. The van der Waals surface area contributed by atoms with Crippen molar-refractivity contribution in [3.63, 3.8) is 0 Å². The Kier molecular flexibility index (Phi) is 4.37. The van der Waals surface area contributed by atoms with Gasteiger partial charge in [0.2, 0.25) is 0 Å². The van der Waals surface area contributed by atoms with Crippen molar-refractivity contribution in [3.8, 4) is 0 Å². The summed E-state index contributed by atoms with van der Waals surface area (Å²) in [6, 6.07) is 0. The van der Waals surface area contributed by atoms with Crippen molar-refractivity contribution in [2.24, 2.45) is 11.8 Å². The first-order chi connectivity index (χ1) is 8.47. The van der Waals surface area contributed by atoms with Gasteiger partial charge >= 0.3 is 0 Å². The molecule has 0 saturated carbocycles. The van der Waals surface area contributed by atoms with Crippen LogP contribution in [-0.4, -0.2) is 30.8 Å². The fraction of sp³-hybridized carbons (Fsp3) is 0.727. The van der Waals surface area contributed by atoms with Crippen LogP contribution in [-0.2, 0) is 16.8 Å². The lowest BCUT2D eigenvalue weighted by Crippen LogP contribution is -2.47. The Morgan fingerprint density at radius 1 is 1.44 bits per heavy atom. The molecule has 0 amide bonds. The summed E-state index contributed by atoms with van der Waals surface area (Å²) >= 11 is 1.45. The van der Waals surface area contributed by atoms with Gasteiger partial charge in [0.15, 0.2) is 0 Å². The predicted molar refractivity (Wildman–Crippen MR) is 72.4 cm³/mol. The zero-order valence-electron chi connectivity index (χ0n) is 10.7. The quantitative estimate of drug-likeness (QED) is 0.912. The van der Waals surface area contributed by atoms with Crippen LogP contribution in [0.1, 0.15) is 25.3 Å². The fourth-order valence-corrected chi connectivity index (χ4v) is 4.44. The molecule has 0 radical (unpaired) electrons. The number of aromatic nitrogens is 1. The minimum Gasteiger partial charge on any atom is -0.248 e. The Morgan fingerprint density at radius 2 is 2.11 bits per heavy atom. The lowest BCUT2D eigenvalue weighted by molar-refractivity contribution is 0.220. The molecule has 0 spiro atoms. The molecular weight excluding hydrogens is 270 g/mol. The molecule has 0 aromatic carbocycles. The fourth-order valence-electron chi connectivity index (χ4n) is 2.39. The lowest BCUT2D eigenvalue weighted by atomic mass is 9.94. The van der Waals surface area contributed by atoms with Gasteiger partial charge in [0.05, 0.1) is 6.54 Å². The molecule has 1 aliphatic heterocycles. The van der Waals surface area contributed by atoms with Crippen molar-refractivity contribution in [2.75, 3.05) is 13.1 Å². The van der Waals surface area contributed by atoms with Gasteiger partial charge in [0.25, 0.3) is 10.2 Å². The van der Waals surface area contributed by atoms with Crippen LogP contribution in [0, 0.1) is 11.8 Å². The minimum absolute atomic E-state index is 0.277. The second-order valence-corrected chi connectivity index (χ2v) is 7.75. The van der Waals surface area contributed by atoms with Gasteiger partial charge in [0, 0.05) is 24.7 Å². The molecule has 2 rings (SSSR count). The van der Waals surface area contributed by atoms with E-state index in [4.69, 9.17) is 0 Å². The van der Waals surface area contributed by atoms with Gasteiger partial charge < -0.3 is 0 Å². The highest BCUT2D eigenvalue weighted by Gasteiger charge is 2.30. The Labute approximate surface area is 112 Å². The standard InChI is InChI=1S/C11H19N3O2S2/c1-9-5-10(2)8-14(7-9)18(15,16)13-6-11-12-3-4-17-11/h3-4,9-10,13H,5-8H2,1-2H3/t9-,10+. The minimum atomic E-state index is -3.38. The molecule has 1 fully saturated rings. The zero-order chi connectivity index (χ0) is 13.2. The van der Waals surface area contributed by atoms with Gasteiger partial charge in [-0.2, -0.15) is 17.4 Å². The van der Waals surface area contributed by atoms with Crippen LogP contribution >= 0.6 is 11.3 Å². The molecule has 0 bridgehead atoms. The van der Waals surface area contributed by atoms with Gasteiger partial charge in [-0.1, -0.05) is 13.8 Å². The van der Waals surface area contributed by atoms with E-state index < -0.39 is 10.2 Å². The van der Waals surface area contributed by atoms with Gasteiger partial charge in [-0.3, -0.25) is 0 Å². The van der Waals surface area contributed by atoms with Crippen LogP contribution in [0.15, 0.2) is 11.6 Å². The first kappa shape index (κ1) is 13.9. The van der Waals surface area contributed by atoms with Gasteiger partial charge in [-0.15, -0.1) is 11.3 Å². The number of piperidine rings is 1. The third-order valence-corrected chi connectivity index (χ3v) is 5.33. The number of hydrogen-bond acceptors (Lipinski definition) is 4. The summed E-state index contributed by atoms with van der Waals surface area (Å²) in [4.78, 5) is 4.07. The normalized spacial score (nSPS) is 26.3. The molecule has 102 valence electrons.